The van der Waals surface area contributed by atoms with Gasteiger partial charge in [-0.15, -0.1) is 0 Å². The zero-order chi connectivity index (χ0) is 14.1. The Morgan fingerprint density at radius 2 is 2.00 bits per heavy atom. The van der Waals surface area contributed by atoms with Crippen molar-refractivity contribution in [2.24, 2.45) is 0 Å². The molecule has 4 heteroatoms. The first-order chi connectivity index (χ1) is 9.65. The second-order valence-corrected chi connectivity index (χ2v) is 6.15. The predicted molar refractivity (Wildman–Crippen MR) is 81.2 cm³/mol. The molecular formula is C16H15N2OS. The van der Waals surface area contributed by atoms with Crippen molar-refractivity contribution in [3.8, 4) is 0 Å². The predicted octanol–water partition coefficient (Wildman–Crippen LogP) is 2.93. The van der Waals surface area contributed by atoms with E-state index >= 15 is 0 Å². The third-order valence-electron chi connectivity index (χ3n) is 3.36. The van der Waals surface area contributed by atoms with Crippen LogP contribution in [0.4, 0.5) is 0 Å². The summed E-state index contributed by atoms with van der Waals surface area (Å²) in [6.07, 6.45) is 3.49. The third kappa shape index (κ3) is 2.44. The van der Waals surface area contributed by atoms with Crippen molar-refractivity contribution >= 4 is 22.2 Å². The minimum atomic E-state index is -0.928. The van der Waals surface area contributed by atoms with Crippen molar-refractivity contribution in [2.45, 2.75) is 18.4 Å². The minimum Gasteiger partial charge on any atom is -0.612 e. The number of hydrogen-bond acceptors (Lipinski definition) is 2. The number of benzene rings is 1. The Bertz CT molecular complexity index is 732. The molecule has 3 aromatic rings. The lowest BCUT2D eigenvalue weighted by Crippen LogP contribution is -2.03. The summed E-state index contributed by atoms with van der Waals surface area (Å²) in [6.45, 7) is 2.79. The number of aromatic nitrogens is 2. The number of pyridine rings is 1. The summed E-state index contributed by atoms with van der Waals surface area (Å²) >= 11 is -0.928. The molecule has 1 radical (unpaired) electrons. The summed E-state index contributed by atoms with van der Waals surface area (Å²) in [5.41, 5.74) is 3.19. The van der Waals surface area contributed by atoms with Gasteiger partial charge < -0.3 is 9.12 Å². The van der Waals surface area contributed by atoms with Crippen LogP contribution in [0.25, 0.3) is 11.0 Å². The van der Waals surface area contributed by atoms with E-state index in [9.17, 15) is 4.55 Å². The molecule has 2 aromatic heterocycles. The van der Waals surface area contributed by atoms with Crippen LogP contribution in [-0.4, -0.2) is 20.4 Å². The monoisotopic (exact) mass is 283 g/mol. The summed E-state index contributed by atoms with van der Waals surface area (Å²) in [6, 6.07) is 15.2. The van der Waals surface area contributed by atoms with Crippen LogP contribution < -0.4 is 0 Å². The molecule has 0 saturated carbocycles. The van der Waals surface area contributed by atoms with Crippen molar-refractivity contribution in [3.63, 3.8) is 0 Å². The van der Waals surface area contributed by atoms with E-state index in [0.29, 0.717) is 0 Å². The fourth-order valence-corrected chi connectivity index (χ4v) is 2.81. The smallest absolute Gasteiger partial charge is 0.152 e. The highest BCUT2D eigenvalue weighted by Gasteiger charge is 2.08. The second-order valence-electron chi connectivity index (χ2n) is 4.77. The Labute approximate surface area is 121 Å². The van der Waals surface area contributed by atoms with Crippen LogP contribution in [0, 0.1) is 13.0 Å². The van der Waals surface area contributed by atoms with Crippen LogP contribution in [0.15, 0.2) is 47.5 Å². The van der Waals surface area contributed by atoms with Crippen LogP contribution in [0.1, 0.15) is 11.3 Å². The molecule has 1 unspecified atom stereocenters. The minimum absolute atomic E-state index is 0.749. The molecule has 1 atom stereocenters. The Morgan fingerprint density at radius 3 is 2.70 bits per heavy atom. The molecule has 0 fully saturated rings. The number of nitrogens with zero attached hydrogens (tertiary/aromatic N) is 2. The van der Waals surface area contributed by atoms with Crippen LogP contribution in [0.3, 0.4) is 0 Å². The fourth-order valence-electron chi connectivity index (χ4n) is 2.29. The standard InChI is InChI=1S/C16H15N2OS/c1-12-10-14-4-3-9-17-16(14)18(12)11-13-5-7-15(8-6-13)20(2)19/h3-9H,11H2,1-2H3. The zero-order valence-electron chi connectivity index (χ0n) is 11.5. The van der Waals surface area contributed by atoms with Gasteiger partial charge in [-0.2, -0.15) is 0 Å². The third-order valence-corrected chi connectivity index (χ3v) is 4.29. The van der Waals surface area contributed by atoms with Crippen LogP contribution in [0.5, 0.6) is 0 Å². The lowest BCUT2D eigenvalue weighted by molar-refractivity contribution is 0.601. The number of fused-ring (bicyclic) bond motifs is 1. The molecule has 0 N–H and O–H groups in total. The Morgan fingerprint density at radius 1 is 1.25 bits per heavy atom. The van der Waals surface area contributed by atoms with Crippen LogP contribution >= 0.6 is 0 Å². The molecule has 2 heterocycles. The molecule has 0 aliphatic heterocycles. The molecule has 0 aliphatic rings. The molecule has 3 nitrogen and oxygen atoms in total. The summed E-state index contributed by atoms with van der Waals surface area (Å²) in [4.78, 5) is 5.28. The van der Waals surface area contributed by atoms with Gasteiger partial charge in [0.05, 0.1) is 0 Å². The van der Waals surface area contributed by atoms with E-state index in [1.165, 1.54) is 5.56 Å². The van der Waals surface area contributed by atoms with Gasteiger partial charge in [0.15, 0.2) is 4.90 Å². The quantitative estimate of drug-likeness (QED) is 0.693. The van der Waals surface area contributed by atoms with Crippen molar-refractivity contribution in [1.29, 1.82) is 0 Å². The lowest BCUT2D eigenvalue weighted by Gasteiger charge is -2.09. The first-order valence-electron chi connectivity index (χ1n) is 6.40. The van der Waals surface area contributed by atoms with Gasteiger partial charge in [0, 0.05) is 29.9 Å². The number of rotatable bonds is 3. The van der Waals surface area contributed by atoms with Gasteiger partial charge in [-0.25, -0.2) is 4.98 Å². The topological polar surface area (TPSA) is 40.9 Å². The maximum atomic E-state index is 11.4. The molecular weight excluding hydrogens is 268 g/mol. The highest BCUT2D eigenvalue weighted by atomic mass is 32.2. The molecule has 101 valence electrons. The van der Waals surface area contributed by atoms with Crippen molar-refractivity contribution in [3.05, 3.63) is 59.9 Å². The summed E-state index contributed by atoms with van der Waals surface area (Å²) in [5.74, 6) is 0. The average molecular weight is 283 g/mol. The van der Waals surface area contributed by atoms with E-state index in [1.54, 1.807) is 12.5 Å². The van der Waals surface area contributed by atoms with Gasteiger partial charge in [0.25, 0.3) is 0 Å². The van der Waals surface area contributed by atoms with E-state index in [-0.39, 0.29) is 0 Å². The molecule has 0 amide bonds. The van der Waals surface area contributed by atoms with Gasteiger partial charge in [-0.05, 0) is 47.9 Å². The van der Waals surface area contributed by atoms with Gasteiger partial charge in [0.1, 0.15) is 11.9 Å². The van der Waals surface area contributed by atoms with Crippen molar-refractivity contribution in [2.75, 3.05) is 6.26 Å². The van der Waals surface area contributed by atoms with Gasteiger partial charge in [-0.1, -0.05) is 12.1 Å². The van der Waals surface area contributed by atoms with E-state index in [4.69, 9.17) is 0 Å². The van der Waals surface area contributed by atoms with Crippen molar-refractivity contribution in [1.82, 2.24) is 9.55 Å². The molecule has 20 heavy (non-hydrogen) atoms. The summed E-state index contributed by atoms with van der Waals surface area (Å²) in [5, 5.41) is 1.04. The average Bonchev–Trinajstić information content (AvgIpc) is 2.76. The maximum absolute atomic E-state index is 11.4. The van der Waals surface area contributed by atoms with Gasteiger partial charge in [0.2, 0.25) is 0 Å². The van der Waals surface area contributed by atoms with E-state index < -0.39 is 11.2 Å². The van der Waals surface area contributed by atoms with E-state index in [1.807, 2.05) is 43.3 Å². The molecule has 0 bridgehead atoms. The van der Waals surface area contributed by atoms with E-state index in [0.717, 1.165) is 28.2 Å². The molecule has 0 spiro atoms. The largest absolute Gasteiger partial charge is 0.612 e. The second kappa shape index (κ2) is 5.31. The normalized spacial score (nSPS) is 12.8. The molecule has 0 saturated heterocycles. The van der Waals surface area contributed by atoms with Crippen LogP contribution in [0.2, 0.25) is 0 Å². The zero-order valence-corrected chi connectivity index (χ0v) is 12.3. The molecule has 3 rings (SSSR count). The number of aryl methyl sites for hydroxylation is 1. The van der Waals surface area contributed by atoms with Crippen molar-refractivity contribution < 1.29 is 4.55 Å². The first kappa shape index (κ1) is 13.2. The van der Waals surface area contributed by atoms with Gasteiger partial charge in [-0.3, -0.25) is 0 Å². The SMILES string of the molecule is Cc1[c]c2cccnc2n1Cc1ccc([S+](C)[O-])cc1. The molecule has 0 aliphatic carbocycles. The Hall–Kier alpha value is -1.78. The first-order valence-corrected chi connectivity index (χ1v) is 7.96. The maximum Gasteiger partial charge on any atom is 0.152 e. The van der Waals surface area contributed by atoms with E-state index in [2.05, 4.69) is 15.6 Å². The van der Waals surface area contributed by atoms with Crippen LogP contribution in [-0.2, 0) is 17.7 Å². The Balaban J connectivity index is 1.94. The van der Waals surface area contributed by atoms with Gasteiger partial charge >= 0.3 is 0 Å². The summed E-state index contributed by atoms with van der Waals surface area (Å²) < 4.78 is 13.5. The highest BCUT2D eigenvalue weighted by molar-refractivity contribution is 7.90. The summed E-state index contributed by atoms with van der Waals surface area (Å²) in [7, 11) is 0. The fraction of sp³-hybridized carbons (Fsp3) is 0.188. The lowest BCUT2D eigenvalue weighted by atomic mass is 10.2. The highest BCUT2D eigenvalue weighted by Crippen LogP contribution is 2.18. The molecule has 1 aromatic carbocycles. The number of hydrogen-bond donors (Lipinski definition) is 0. The Kier molecular flexibility index (Phi) is 3.51.